The molecule has 1 N–H and O–H groups in total. The van der Waals surface area contributed by atoms with Crippen LogP contribution < -0.4 is 5.32 Å². The van der Waals surface area contributed by atoms with Crippen LogP contribution in [-0.4, -0.2) is 21.6 Å². The van der Waals surface area contributed by atoms with Crippen molar-refractivity contribution in [1.29, 1.82) is 0 Å². The predicted octanol–water partition coefficient (Wildman–Crippen LogP) is 4.69. The van der Waals surface area contributed by atoms with Crippen LogP contribution in [0.2, 0.25) is 0 Å². The maximum atomic E-state index is 12.5. The lowest BCUT2D eigenvalue weighted by atomic mass is 10.0. The maximum absolute atomic E-state index is 12.5. The Labute approximate surface area is 168 Å². The van der Waals surface area contributed by atoms with Crippen LogP contribution in [0.1, 0.15) is 26.3 Å². The van der Waals surface area contributed by atoms with Crippen LogP contribution in [0.25, 0.3) is 10.2 Å². The molecule has 29 heavy (non-hydrogen) atoms. The molecular formula is C21H13N3O4S. The molecule has 1 amide bonds. The second kappa shape index (κ2) is 7.61. The van der Waals surface area contributed by atoms with Gasteiger partial charge in [-0.2, -0.15) is 0 Å². The molecule has 3 aromatic carbocycles. The van der Waals surface area contributed by atoms with Crippen molar-refractivity contribution >= 4 is 44.1 Å². The Bertz CT molecular complexity index is 1230. The number of nitrogens with one attached hydrogen (secondary N) is 1. The summed E-state index contributed by atoms with van der Waals surface area (Å²) in [7, 11) is 0. The van der Waals surface area contributed by atoms with Gasteiger partial charge in [0.05, 0.1) is 15.1 Å². The second-order valence-electron chi connectivity index (χ2n) is 6.15. The molecule has 0 aliphatic rings. The summed E-state index contributed by atoms with van der Waals surface area (Å²) in [6, 6.07) is 19.6. The first-order chi connectivity index (χ1) is 14.0. The number of nitrogens with zero attached hydrogens (tertiary/aromatic N) is 2. The Kier molecular flexibility index (Phi) is 4.84. The van der Waals surface area contributed by atoms with Gasteiger partial charge in [0.2, 0.25) is 0 Å². The molecule has 0 aliphatic heterocycles. The summed E-state index contributed by atoms with van der Waals surface area (Å²) in [4.78, 5) is 39.6. The fourth-order valence-corrected chi connectivity index (χ4v) is 3.67. The molecule has 0 fully saturated rings. The molecule has 0 spiro atoms. The summed E-state index contributed by atoms with van der Waals surface area (Å²) in [5, 5.41) is 13.9. The number of carbonyl (C=O) groups excluding carboxylic acids is 2. The summed E-state index contributed by atoms with van der Waals surface area (Å²) in [5.41, 5.74) is 1.98. The molecule has 0 bridgehead atoms. The molecule has 8 heteroatoms. The predicted molar refractivity (Wildman–Crippen MR) is 111 cm³/mol. The number of amides is 1. The molecule has 4 rings (SSSR count). The highest BCUT2D eigenvalue weighted by molar-refractivity contribution is 7.22. The fourth-order valence-electron chi connectivity index (χ4n) is 2.78. The third-order valence-electron chi connectivity index (χ3n) is 4.25. The van der Waals surface area contributed by atoms with Crippen molar-refractivity contribution in [2.75, 3.05) is 5.32 Å². The van der Waals surface area contributed by atoms with Crippen molar-refractivity contribution in [3.8, 4) is 0 Å². The van der Waals surface area contributed by atoms with Crippen LogP contribution in [-0.2, 0) is 0 Å². The minimum absolute atomic E-state index is 0.0299. The first kappa shape index (κ1) is 18.5. The monoisotopic (exact) mass is 403 g/mol. The Morgan fingerprint density at radius 1 is 0.897 bits per heavy atom. The zero-order chi connectivity index (χ0) is 20.4. The molecule has 1 heterocycles. The van der Waals surface area contributed by atoms with Crippen LogP contribution in [0.4, 0.5) is 10.8 Å². The topological polar surface area (TPSA) is 102 Å². The molecule has 0 atom stereocenters. The van der Waals surface area contributed by atoms with Crippen molar-refractivity contribution < 1.29 is 14.5 Å². The van der Waals surface area contributed by atoms with Gasteiger partial charge in [0.25, 0.3) is 11.6 Å². The van der Waals surface area contributed by atoms with Gasteiger partial charge in [0.1, 0.15) is 0 Å². The van der Waals surface area contributed by atoms with E-state index in [1.54, 1.807) is 54.6 Å². The molecule has 7 nitrogen and oxygen atoms in total. The fraction of sp³-hybridized carbons (Fsp3) is 0. The number of non-ortho nitro benzene ring substituents is 1. The number of nitro benzene ring substituents is 1. The standard InChI is InChI=1S/C21H13N3O4S/c25-19(13-4-2-1-3-5-13)14-6-8-15(9-7-14)20(26)23-21-22-17-11-10-16(24(27)28)12-18(17)29-21/h1-12H,(H,22,23,26). The van der Waals surface area contributed by atoms with E-state index in [0.29, 0.717) is 32.0 Å². The van der Waals surface area contributed by atoms with Crippen molar-refractivity contribution in [1.82, 2.24) is 4.98 Å². The van der Waals surface area contributed by atoms with Crippen LogP contribution in [0, 0.1) is 10.1 Å². The summed E-state index contributed by atoms with van der Waals surface area (Å²) >= 11 is 1.16. The summed E-state index contributed by atoms with van der Waals surface area (Å²) in [6.07, 6.45) is 0. The molecule has 4 aromatic rings. The Morgan fingerprint density at radius 3 is 2.24 bits per heavy atom. The lowest BCUT2D eigenvalue weighted by Gasteiger charge is -2.04. The molecule has 0 unspecified atom stereocenters. The third-order valence-corrected chi connectivity index (χ3v) is 5.18. The number of ketones is 1. The van der Waals surface area contributed by atoms with E-state index in [-0.39, 0.29) is 17.4 Å². The number of aromatic nitrogens is 1. The van der Waals surface area contributed by atoms with Gasteiger partial charge in [-0.25, -0.2) is 4.98 Å². The second-order valence-corrected chi connectivity index (χ2v) is 7.19. The maximum Gasteiger partial charge on any atom is 0.270 e. The van der Waals surface area contributed by atoms with Crippen molar-refractivity contribution in [2.45, 2.75) is 0 Å². The number of hydrogen-bond donors (Lipinski definition) is 1. The first-order valence-corrected chi connectivity index (χ1v) is 9.39. The highest BCUT2D eigenvalue weighted by Gasteiger charge is 2.14. The number of thiazole rings is 1. The van der Waals surface area contributed by atoms with Crippen LogP contribution >= 0.6 is 11.3 Å². The van der Waals surface area contributed by atoms with Crippen molar-refractivity contribution in [2.24, 2.45) is 0 Å². The summed E-state index contributed by atoms with van der Waals surface area (Å²) < 4.78 is 0.610. The quantitative estimate of drug-likeness (QED) is 0.296. The Morgan fingerprint density at radius 2 is 1.55 bits per heavy atom. The molecule has 1 aromatic heterocycles. The number of benzene rings is 3. The van der Waals surface area contributed by atoms with E-state index < -0.39 is 4.92 Å². The number of anilines is 1. The largest absolute Gasteiger partial charge is 0.298 e. The van der Waals surface area contributed by atoms with E-state index in [9.17, 15) is 19.7 Å². The van der Waals surface area contributed by atoms with E-state index in [2.05, 4.69) is 10.3 Å². The van der Waals surface area contributed by atoms with Crippen LogP contribution in [0.5, 0.6) is 0 Å². The molecule has 142 valence electrons. The SMILES string of the molecule is O=C(Nc1nc2ccc([N+](=O)[O-])cc2s1)c1ccc(C(=O)c2ccccc2)cc1. The van der Waals surface area contributed by atoms with E-state index in [4.69, 9.17) is 0 Å². The molecular weight excluding hydrogens is 390 g/mol. The first-order valence-electron chi connectivity index (χ1n) is 8.57. The lowest BCUT2D eigenvalue weighted by Crippen LogP contribution is -2.12. The number of nitro groups is 1. The van der Waals surface area contributed by atoms with Gasteiger partial charge in [-0.1, -0.05) is 53.8 Å². The average molecular weight is 403 g/mol. The van der Waals surface area contributed by atoms with E-state index in [1.165, 1.54) is 12.1 Å². The summed E-state index contributed by atoms with van der Waals surface area (Å²) in [6.45, 7) is 0. The third kappa shape index (κ3) is 3.87. The summed E-state index contributed by atoms with van der Waals surface area (Å²) in [5.74, 6) is -0.498. The highest BCUT2D eigenvalue weighted by Crippen LogP contribution is 2.29. The van der Waals surface area contributed by atoms with Crippen molar-refractivity contribution in [3.05, 3.63) is 99.6 Å². The minimum atomic E-state index is -0.476. The Hall–Kier alpha value is -3.91. The van der Waals surface area contributed by atoms with Crippen LogP contribution in [0.3, 0.4) is 0 Å². The number of hydrogen-bond acceptors (Lipinski definition) is 6. The van der Waals surface area contributed by atoms with E-state index in [1.807, 2.05) is 6.07 Å². The van der Waals surface area contributed by atoms with Crippen molar-refractivity contribution in [3.63, 3.8) is 0 Å². The van der Waals surface area contributed by atoms with Gasteiger partial charge >= 0.3 is 0 Å². The zero-order valence-electron chi connectivity index (χ0n) is 14.9. The molecule has 0 saturated heterocycles. The smallest absolute Gasteiger partial charge is 0.270 e. The van der Waals surface area contributed by atoms with Crippen LogP contribution in [0.15, 0.2) is 72.8 Å². The average Bonchev–Trinajstić information content (AvgIpc) is 3.15. The molecule has 0 aliphatic carbocycles. The normalized spacial score (nSPS) is 10.6. The van der Waals surface area contributed by atoms with Gasteiger partial charge in [0, 0.05) is 28.8 Å². The van der Waals surface area contributed by atoms with Gasteiger partial charge in [-0.05, 0) is 18.2 Å². The minimum Gasteiger partial charge on any atom is -0.298 e. The number of rotatable bonds is 5. The van der Waals surface area contributed by atoms with E-state index in [0.717, 1.165) is 11.3 Å². The van der Waals surface area contributed by atoms with Gasteiger partial charge in [-0.15, -0.1) is 0 Å². The number of fused-ring (bicyclic) bond motifs is 1. The lowest BCUT2D eigenvalue weighted by molar-refractivity contribution is -0.384. The molecule has 0 saturated carbocycles. The Balaban J connectivity index is 1.50. The van der Waals surface area contributed by atoms with E-state index >= 15 is 0 Å². The zero-order valence-corrected chi connectivity index (χ0v) is 15.7. The highest BCUT2D eigenvalue weighted by atomic mass is 32.1. The number of carbonyl (C=O) groups is 2. The van der Waals surface area contributed by atoms with Gasteiger partial charge < -0.3 is 0 Å². The van der Waals surface area contributed by atoms with Gasteiger partial charge in [0.15, 0.2) is 10.9 Å². The van der Waals surface area contributed by atoms with Gasteiger partial charge in [-0.3, -0.25) is 25.0 Å². The molecule has 0 radical (unpaired) electrons.